The molecule has 0 bridgehead atoms. The van der Waals surface area contributed by atoms with E-state index >= 15 is 0 Å². The van der Waals surface area contributed by atoms with E-state index in [0.717, 1.165) is 11.4 Å². The first kappa shape index (κ1) is 17.6. The van der Waals surface area contributed by atoms with E-state index in [-0.39, 0.29) is 6.04 Å². The van der Waals surface area contributed by atoms with Crippen LogP contribution in [-0.4, -0.2) is 32.5 Å². The maximum atomic E-state index is 8.08. The summed E-state index contributed by atoms with van der Waals surface area (Å²) in [6.45, 7) is 0.515. The maximum Gasteiger partial charge on any atom is 0.121 e. The van der Waals surface area contributed by atoms with Gasteiger partial charge in [0.2, 0.25) is 0 Å². The summed E-state index contributed by atoms with van der Waals surface area (Å²) < 4.78 is 7.44. The predicted molar refractivity (Wildman–Crippen MR) is 105 cm³/mol. The summed E-state index contributed by atoms with van der Waals surface area (Å²) in [4.78, 5) is 2.05. The number of benzene rings is 1. The Bertz CT molecular complexity index is 620. The van der Waals surface area contributed by atoms with Crippen LogP contribution in [-0.2, 0) is 4.74 Å². The van der Waals surface area contributed by atoms with Crippen molar-refractivity contribution in [1.82, 2.24) is 5.43 Å². The second kappa shape index (κ2) is 8.73. The molecule has 0 spiro atoms. The van der Waals surface area contributed by atoms with E-state index < -0.39 is 0 Å². The summed E-state index contributed by atoms with van der Waals surface area (Å²) >= 11 is 2.15. The molecule has 0 aliphatic heterocycles. The molecule has 23 heavy (non-hydrogen) atoms. The highest BCUT2D eigenvalue weighted by Gasteiger charge is 2.14. The van der Waals surface area contributed by atoms with Crippen LogP contribution in [0, 0.1) is 5.41 Å². The third kappa shape index (κ3) is 5.40. The minimum Gasteiger partial charge on any atom is -0.489 e. The van der Waals surface area contributed by atoms with Gasteiger partial charge in [-0.3, -0.25) is 0 Å². The highest BCUT2D eigenvalue weighted by Crippen LogP contribution is 2.15. The van der Waals surface area contributed by atoms with Gasteiger partial charge < -0.3 is 20.5 Å². The number of anilines is 2. The third-order valence-corrected chi connectivity index (χ3v) is 3.79. The van der Waals surface area contributed by atoms with Crippen molar-refractivity contribution in [3.05, 3.63) is 58.4 Å². The lowest BCUT2D eigenvalue weighted by molar-refractivity contribution is 0.261. The minimum atomic E-state index is -0.184. The first-order valence-corrected chi connectivity index (χ1v) is 8.50. The summed E-state index contributed by atoms with van der Waals surface area (Å²) in [5.74, 6) is 0.706. The molecule has 1 unspecified atom stereocenters. The van der Waals surface area contributed by atoms with Crippen molar-refractivity contribution >= 4 is 39.7 Å². The predicted octanol–water partition coefficient (Wildman–Crippen LogP) is 3.48. The summed E-state index contributed by atoms with van der Waals surface area (Å²) in [5, 5.41) is 8.08. The fourth-order valence-corrected chi connectivity index (χ4v) is 2.19. The molecule has 1 aliphatic rings. The van der Waals surface area contributed by atoms with Crippen molar-refractivity contribution in [1.29, 1.82) is 5.41 Å². The highest BCUT2D eigenvalue weighted by atomic mass is 127. The normalized spacial score (nSPS) is 17.3. The van der Waals surface area contributed by atoms with E-state index in [1.807, 2.05) is 60.7 Å². The van der Waals surface area contributed by atoms with E-state index in [0.29, 0.717) is 18.1 Å². The molecule has 0 saturated heterocycles. The molecule has 0 saturated carbocycles. The van der Waals surface area contributed by atoms with Crippen LogP contribution in [0.1, 0.15) is 0 Å². The highest BCUT2D eigenvalue weighted by molar-refractivity contribution is 14.1. The van der Waals surface area contributed by atoms with Gasteiger partial charge in [0.05, 0.1) is 11.8 Å². The van der Waals surface area contributed by atoms with Crippen molar-refractivity contribution in [2.45, 2.75) is 6.04 Å². The van der Waals surface area contributed by atoms with Crippen molar-refractivity contribution in [3.63, 3.8) is 0 Å². The number of allylic oxidation sites excluding steroid dienone is 1. The second-order valence-corrected chi connectivity index (χ2v) is 5.94. The Hall–Kier alpha value is -1.80. The molecule has 1 aliphatic carbocycles. The average Bonchev–Trinajstić information content (AvgIpc) is 2.54. The van der Waals surface area contributed by atoms with Crippen molar-refractivity contribution in [2.24, 2.45) is 0 Å². The van der Waals surface area contributed by atoms with Gasteiger partial charge in [-0.1, -0.05) is 28.7 Å². The lowest BCUT2D eigenvalue weighted by Crippen LogP contribution is -2.39. The fourth-order valence-electron chi connectivity index (χ4n) is 1.99. The van der Waals surface area contributed by atoms with Gasteiger partial charge in [0, 0.05) is 31.5 Å². The molecular weight excluding hydrogens is 403 g/mol. The van der Waals surface area contributed by atoms with Crippen molar-refractivity contribution in [2.75, 3.05) is 31.0 Å². The molecule has 0 aromatic heterocycles. The molecule has 5 nitrogen and oxygen atoms in total. The number of hydrogen-bond acceptors (Lipinski definition) is 5. The molecule has 0 fully saturated rings. The minimum absolute atomic E-state index is 0.184. The molecule has 6 heteroatoms. The van der Waals surface area contributed by atoms with Crippen LogP contribution >= 0.6 is 22.6 Å². The number of hydrogen-bond donors (Lipinski definition) is 3. The van der Waals surface area contributed by atoms with Gasteiger partial charge in [0.15, 0.2) is 0 Å². The van der Waals surface area contributed by atoms with Gasteiger partial charge >= 0.3 is 0 Å². The SMILES string of the molecule is CN(C)c1ccc(NNC2C=CC(OC/C=C/I)=CC2=N)cc1. The quantitative estimate of drug-likeness (QED) is 0.464. The summed E-state index contributed by atoms with van der Waals surface area (Å²) in [5.41, 5.74) is 8.82. The number of ether oxygens (including phenoxy) is 1. The van der Waals surface area contributed by atoms with Crippen LogP contribution in [0.15, 0.2) is 58.4 Å². The van der Waals surface area contributed by atoms with Gasteiger partial charge in [0.25, 0.3) is 0 Å². The fraction of sp³-hybridized carbons (Fsp3) is 0.235. The Morgan fingerprint density at radius 3 is 2.65 bits per heavy atom. The van der Waals surface area contributed by atoms with E-state index in [2.05, 4.69) is 38.3 Å². The molecular formula is C17H21IN4O. The van der Waals surface area contributed by atoms with Crippen LogP contribution in [0.4, 0.5) is 11.4 Å². The van der Waals surface area contributed by atoms with Crippen molar-refractivity contribution < 1.29 is 4.74 Å². The number of halogens is 1. The average molecular weight is 424 g/mol. The second-order valence-electron chi connectivity index (χ2n) is 5.22. The maximum absolute atomic E-state index is 8.08. The first-order chi connectivity index (χ1) is 11.1. The zero-order chi connectivity index (χ0) is 16.7. The summed E-state index contributed by atoms with van der Waals surface area (Å²) in [6.07, 6.45) is 7.44. The van der Waals surface area contributed by atoms with E-state index in [1.165, 1.54) is 0 Å². The van der Waals surface area contributed by atoms with Crippen LogP contribution in [0.2, 0.25) is 0 Å². The molecule has 1 aromatic carbocycles. The lowest BCUT2D eigenvalue weighted by atomic mass is 10.1. The Morgan fingerprint density at radius 1 is 1.30 bits per heavy atom. The zero-order valence-corrected chi connectivity index (χ0v) is 15.4. The lowest BCUT2D eigenvalue weighted by Gasteiger charge is -2.20. The van der Waals surface area contributed by atoms with Gasteiger partial charge in [0.1, 0.15) is 12.4 Å². The van der Waals surface area contributed by atoms with Crippen LogP contribution in [0.25, 0.3) is 0 Å². The topological polar surface area (TPSA) is 60.4 Å². The number of rotatable bonds is 7. The Morgan fingerprint density at radius 2 is 2.04 bits per heavy atom. The van der Waals surface area contributed by atoms with E-state index in [1.54, 1.807) is 6.08 Å². The molecule has 0 amide bonds. The summed E-state index contributed by atoms with van der Waals surface area (Å²) in [6, 6.07) is 7.89. The monoisotopic (exact) mass is 424 g/mol. The Labute approximate surface area is 150 Å². The van der Waals surface area contributed by atoms with Gasteiger partial charge in [-0.15, -0.1) is 0 Å². The third-order valence-electron chi connectivity index (χ3n) is 3.28. The zero-order valence-electron chi connectivity index (χ0n) is 13.2. The van der Waals surface area contributed by atoms with Crippen LogP contribution < -0.4 is 15.8 Å². The smallest absolute Gasteiger partial charge is 0.121 e. The molecule has 1 atom stereocenters. The molecule has 0 radical (unpaired) electrons. The number of hydrazine groups is 1. The molecule has 122 valence electrons. The van der Waals surface area contributed by atoms with Crippen LogP contribution in [0.5, 0.6) is 0 Å². The number of nitrogens with one attached hydrogen (secondary N) is 3. The van der Waals surface area contributed by atoms with Gasteiger partial charge in [-0.25, -0.2) is 5.43 Å². The van der Waals surface area contributed by atoms with E-state index in [4.69, 9.17) is 10.1 Å². The molecule has 2 rings (SSSR count). The molecule has 3 N–H and O–H groups in total. The van der Waals surface area contributed by atoms with E-state index in [9.17, 15) is 0 Å². The largest absolute Gasteiger partial charge is 0.489 e. The Balaban J connectivity index is 1.85. The molecule has 0 heterocycles. The number of nitrogens with zero attached hydrogens (tertiary/aromatic N) is 1. The van der Waals surface area contributed by atoms with Gasteiger partial charge in [-0.05, 0) is 40.5 Å². The standard InChI is InChI=1S/C17H21IN4O/c1-22(2)14-6-4-13(5-7-14)20-21-17-9-8-15(12-16(17)19)23-11-3-10-18/h3-10,12,17,19-21H,11H2,1-2H3/b10-3+,19-16?. The summed E-state index contributed by atoms with van der Waals surface area (Å²) in [7, 11) is 4.02. The van der Waals surface area contributed by atoms with Crippen molar-refractivity contribution in [3.8, 4) is 0 Å². The van der Waals surface area contributed by atoms with Gasteiger partial charge in [-0.2, -0.15) is 0 Å². The first-order valence-electron chi connectivity index (χ1n) is 7.25. The Kier molecular flexibility index (Phi) is 6.66. The molecule has 1 aromatic rings. The van der Waals surface area contributed by atoms with Crippen LogP contribution in [0.3, 0.4) is 0 Å².